The molecule has 13 heavy (non-hydrogen) atoms. The molecule has 0 aliphatic carbocycles. The summed E-state index contributed by atoms with van der Waals surface area (Å²) < 4.78 is 1.58. The van der Waals surface area contributed by atoms with Gasteiger partial charge in [-0.15, -0.1) is 0 Å². The molecule has 0 saturated carbocycles. The number of hydrogen-bond acceptors (Lipinski definition) is 3. The van der Waals surface area contributed by atoms with Gasteiger partial charge in [0.05, 0.1) is 6.54 Å². The van der Waals surface area contributed by atoms with Crippen LogP contribution in [0.15, 0.2) is 18.5 Å². The van der Waals surface area contributed by atoms with Gasteiger partial charge in [0, 0.05) is 23.8 Å². The van der Waals surface area contributed by atoms with Gasteiger partial charge < -0.3 is 9.90 Å². The maximum Gasteiger partial charge on any atom is 1.00 e. The molecule has 66 valence electrons. The smallest absolute Gasteiger partial charge is 0.550 e. The standard InChI is InChI=1S/C8H12N2O2.Li/c1-8(2,7(11)12)6-10-5-3-4-9-10;/h3-5H,6H2,1-2H3,(H,11,12);/q;+1/p-1. The summed E-state index contributed by atoms with van der Waals surface area (Å²) >= 11 is 0. The fraction of sp³-hybridized carbons (Fsp3) is 0.500. The van der Waals surface area contributed by atoms with Gasteiger partial charge in [-0.1, -0.05) is 13.8 Å². The van der Waals surface area contributed by atoms with Crippen molar-refractivity contribution in [1.29, 1.82) is 0 Å². The third kappa shape index (κ3) is 3.25. The Balaban J connectivity index is 0.00000144. The predicted molar refractivity (Wildman–Crippen MR) is 41.0 cm³/mol. The average molecular weight is 174 g/mol. The first-order valence-electron chi connectivity index (χ1n) is 3.71. The first kappa shape index (κ1) is 12.3. The van der Waals surface area contributed by atoms with Crippen molar-refractivity contribution in [2.24, 2.45) is 5.41 Å². The molecule has 0 N–H and O–H groups in total. The van der Waals surface area contributed by atoms with E-state index in [0.717, 1.165) is 0 Å². The Morgan fingerprint density at radius 1 is 1.62 bits per heavy atom. The second-order valence-corrected chi connectivity index (χ2v) is 3.37. The topological polar surface area (TPSA) is 58.0 Å². The fourth-order valence-electron chi connectivity index (χ4n) is 0.864. The Bertz CT molecular complexity index is 270. The Hall–Kier alpha value is -0.723. The molecule has 4 nitrogen and oxygen atoms in total. The molecule has 1 rings (SSSR count). The van der Waals surface area contributed by atoms with E-state index in [1.807, 2.05) is 0 Å². The predicted octanol–water partition coefficient (Wildman–Crippen LogP) is -3.34. The Morgan fingerprint density at radius 2 is 2.23 bits per heavy atom. The van der Waals surface area contributed by atoms with Crippen LogP contribution in [0.3, 0.4) is 0 Å². The third-order valence-electron chi connectivity index (χ3n) is 1.67. The van der Waals surface area contributed by atoms with Gasteiger partial charge in [0.1, 0.15) is 0 Å². The Labute approximate surface area is 89.1 Å². The molecule has 0 fully saturated rings. The summed E-state index contributed by atoms with van der Waals surface area (Å²) in [5.74, 6) is -1.06. The van der Waals surface area contributed by atoms with Crippen LogP contribution in [0.1, 0.15) is 13.8 Å². The van der Waals surface area contributed by atoms with Gasteiger partial charge in [-0.25, -0.2) is 0 Å². The molecule has 0 aliphatic heterocycles. The zero-order valence-corrected chi connectivity index (χ0v) is 8.15. The Morgan fingerprint density at radius 3 is 2.62 bits per heavy atom. The van der Waals surface area contributed by atoms with Gasteiger partial charge in [0.15, 0.2) is 0 Å². The second kappa shape index (κ2) is 4.50. The van der Waals surface area contributed by atoms with Crippen molar-refractivity contribution >= 4 is 5.97 Å². The third-order valence-corrected chi connectivity index (χ3v) is 1.67. The van der Waals surface area contributed by atoms with Crippen molar-refractivity contribution in [2.45, 2.75) is 20.4 Å². The molecule has 1 heterocycles. The summed E-state index contributed by atoms with van der Waals surface area (Å²) in [6.07, 6.45) is 3.34. The van der Waals surface area contributed by atoms with Gasteiger partial charge in [-0.3, -0.25) is 4.68 Å². The first-order valence-corrected chi connectivity index (χ1v) is 3.71. The average Bonchev–Trinajstić information content (AvgIpc) is 2.38. The molecule has 0 radical (unpaired) electrons. The van der Waals surface area contributed by atoms with Crippen molar-refractivity contribution in [1.82, 2.24) is 9.78 Å². The molecule has 1 aromatic rings. The van der Waals surface area contributed by atoms with Crippen LogP contribution in [0, 0.1) is 5.41 Å². The molecule has 0 bridgehead atoms. The maximum absolute atomic E-state index is 10.6. The number of nitrogens with zero attached hydrogens (tertiary/aromatic N) is 2. The number of carboxylic acid groups (broad SMARTS) is 1. The van der Waals surface area contributed by atoms with Crippen LogP contribution in [-0.2, 0) is 11.3 Å². The van der Waals surface area contributed by atoms with E-state index < -0.39 is 11.4 Å². The van der Waals surface area contributed by atoms with Gasteiger partial charge in [-0.2, -0.15) is 5.10 Å². The molecule has 1 aromatic heterocycles. The monoisotopic (exact) mass is 174 g/mol. The summed E-state index contributed by atoms with van der Waals surface area (Å²) in [6.45, 7) is 3.57. The maximum atomic E-state index is 10.6. The molecule has 0 amide bonds. The van der Waals surface area contributed by atoms with E-state index in [0.29, 0.717) is 6.54 Å². The van der Waals surface area contributed by atoms with Crippen molar-refractivity contribution in [3.8, 4) is 0 Å². The van der Waals surface area contributed by atoms with Gasteiger partial charge in [-0.05, 0) is 6.07 Å². The van der Waals surface area contributed by atoms with E-state index in [-0.39, 0.29) is 18.9 Å². The van der Waals surface area contributed by atoms with Crippen molar-refractivity contribution in [3.63, 3.8) is 0 Å². The number of carbonyl (C=O) groups is 1. The number of aromatic nitrogens is 2. The summed E-state index contributed by atoms with van der Waals surface area (Å²) in [7, 11) is 0. The van der Waals surface area contributed by atoms with Crippen LogP contribution in [0.2, 0.25) is 0 Å². The normalized spacial score (nSPS) is 10.6. The molecule has 0 spiro atoms. The molecule has 0 unspecified atom stereocenters. The molecule has 0 saturated heterocycles. The number of aliphatic carboxylic acids is 1. The van der Waals surface area contributed by atoms with E-state index in [1.54, 1.807) is 37.0 Å². The minimum absolute atomic E-state index is 0. The van der Waals surface area contributed by atoms with Crippen LogP contribution in [0.25, 0.3) is 0 Å². The minimum Gasteiger partial charge on any atom is -0.550 e. The largest absolute Gasteiger partial charge is 1.00 e. The zero-order valence-electron chi connectivity index (χ0n) is 8.15. The molecule has 0 aliphatic rings. The molecule has 5 heteroatoms. The summed E-state index contributed by atoms with van der Waals surface area (Å²) in [5.41, 5.74) is -0.869. The summed E-state index contributed by atoms with van der Waals surface area (Å²) in [5, 5.41) is 14.5. The number of rotatable bonds is 3. The van der Waals surface area contributed by atoms with Crippen LogP contribution in [-0.4, -0.2) is 15.7 Å². The van der Waals surface area contributed by atoms with Gasteiger partial charge in [0.2, 0.25) is 0 Å². The van der Waals surface area contributed by atoms with Crippen molar-refractivity contribution in [3.05, 3.63) is 18.5 Å². The van der Waals surface area contributed by atoms with E-state index in [1.165, 1.54) is 0 Å². The molecule has 0 atom stereocenters. The van der Waals surface area contributed by atoms with Crippen molar-refractivity contribution in [2.75, 3.05) is 0 Å². The van der Waals surface area contributed by atoms with E-state index in [2.05, 4.69) is 5.10 Å². The number of hydrogen-bond donors (Lipinski definition) is 0. The quantitative estimate of drug-likeness (QED) is 0.450. The van der Waals surface area contributed by atoms with E-state index in [9.17, 15) is 9.90 Å². The second-order valence-electron chi connectivity index (χ2n) is 3.37. The Kier molecular flexibility index (Phi) is 4.25. The number of carbonyl (C=O) groups excluding carboxylic acids is 1. The minimum atomic E-state index is -1.06. The summed E-state index contributed by atoms with van der Waals surface area (Å²) in [4.78, 5) is 10.6. The SMILES string of the molecule is CC(C)(Cn1cccn1)C(=O)[O-].[Li+]. The van der Waals surface area contributed by atoms with Gasteiger partial charge >= 0.3 is 18.9 Å². The zero-order chi connectivity index (χ0) is 9.19. The van der Waals surface area contributed by atoms with Crippen LogP contribution < -0.4 is 24.0 Å². The van der Waals surface area contributed by atoms with E-state index in [4.69, 9.17) is 0 Å². The number of carboxylic acids is 1. The molecular weight excluding hydrogens is 163 g/mol. The van der Waals surface area contributed by atoms with Crippen molar-refractivity contribution < 1.29 is 28.8 Å². The fourth-order valence-corrected chi connectivity index (χ4v) is 0.864. The van der Waals surface area contributed by atoms with Crippen LogP contribution in [0.4, 0.5) is 0 Å². The van der Waals surface area contributed by atoms with Crippen LogP contribution >= 0.6 is 0 Å². The molecule has 0 aromatic carbocycles. The van der Waals surface area contributed by atoms with Gasteiger partial charge in [0.25, 0.3) is 0 Å². The first-order chi connectivity index (χ1) is 5.52. The van der Waals surface area contributed by atoms with E-state index >= 15 is 0 Å². The summed E-state index contributed by atoms with van der Waals surface area (Å²) in [6, 6.07) is 1.76. The molecular formula is C8H11LiN2O2. The van der Waals surface area contributed by atoms with Crippen LogP contribution in [0.5, 0.6) is 0 Å².